The first-order valence-corrected chi connectivity index (χ1v) is 9.43. The van der Waals surface area contributed by atoms with Crippen LogP contribution in [0.5, 0.6) is 0 Å². The molecule has 0 bridgehead atoms. The summed E-state index contributed by atoms with van der Waals surface area (Å²) in [5.41, 5.74) is 4.92. The van der Waals surface area contributed by atoms with Gasteiger partial charge in [0.15, 0.2) is 6.49 Å². The summed E-state index contributed by atoms with van der Waals surface area (Å²) in [6, 6.07) is 9.82. The molecule has 1 N–H and O–H groups in total. The normalized spacial score (nSPS) is 21.4. The zero-order valence-electron chi connectivity index (χ0n) is 12.1. The largest absolute Gasteiger partial charge is 0.328 e. The molecule has 1 aromatic rings. The second-order valence-corrected chi connectivity index (χ2v) is 9.53. The van der Waals surface area contributed by atoms with Gasteiger partial charge in [0.1, 0.15) is 0 Å². The van der Waals surface area contributed by atoms with Gasteiger partial charge >= 0.3 is 0 Å². The van der Waals surface area contributed by atoms with E-state index in [9.17, 15) is 0 Å². The third kappa shape index (κ3) is 4.67. The van der Waals surface area contributed by atoms with Crippen molar-refractivity contribution < 1.29 is 9.05 Å². The Morgan fingerprint density at radius 3 is 2.50 bits per heavy atom. The fraction of sp³-hybridized carbons (Fsp3) is 0.500. The van der Waals surface area contributed by atoms with Crippen LogP contribution in [0.2, 0.25) is 0 Å². The van der Waals surface area contributed by atoms with E-state index in [1.165, 1.54) is 0 Å². The summed E-state index contributed by atoms with van der Waals surface area (Å²) in [5, 5.41) is 4.34. The zero-order chi connectivity index (χ0) is 14.6. The number of nitrogens with zero attached hydrogens (tertiary/aromatic N) is 1. The second-order valence-electron chi connectivity index (χ2n) is 5.81. The molecular formula is C14H21N2O2PS. The molecule has 1 heterocycles. The van der Waals surface area contributed by atoms with Gasteiger partial charge in [-0.05, 0) is 30.9 Å². The molecule has 1 aromatic carbocycles. The topological polar surface area (TPSA) is 42.9 Å². The van der Waals surface area contributed by atoms with E-state index in [0.29, 0.717) is 19.4 Å². The summed E-state index contributed by atoms with van der Waals surface area (Å²) in [6.07, 6.45) is 0.582. The van der Waals surface area contributed by atoms with Crippen LogP contribution < -0.4 is 5.43 Å². The zero-order valence-corrected chi connectivity index (χ0v) is 13.8. The van der Waals surface area contributed by atoms with Gasteiger partial charge in [0.2, 0.25) is 0 Å². The van der Waals surface area contributed by atoms with Gasteiger partial charge in [-0.1, -0.05) is 32.0 Å². The molecule has 20 heavy (non-hydrogen) atoms. The average molecular weight is 312 g/mol. The summed E-state index contributed by atoms with van der Waals surface area (Å²) in [7, 11) is 0. The molecule has 1 aliphatic heterocycles. The summed E-state index contributed by atoms with van der Waals surface area (Å²) in [4.78, 5) is 0. The van der Waals surface area contributed by atoms with E-state index >= 15 is 0 Å². The van der Waals surface area contributed by atoms with Crippen LogP contribution in [-0.4, -0.2) is 25.1 Å². The monoisotopic (exact) mass is 312 g/mol. The summed E-state index contributed by atoms with van der Waals surface area (Å²) in [5.74, 6) is 0. The van der Waals surface area contributed by atoms with Crippen molar-refractivity contribution in [2.24, 2.45) is 10.5 Å². The highest BCUT2D eigenvalue weighted by Crippen LogP contribution is 2.53. The third-order valence-corrected chi connectivity index (χ3v) is 5.79. The Morgan fingerprint density at radius 1 is 1.30 bits per heavy atom. The van der Waals surface area contributed by atoms with Crippen LogP contribution in [-0.2, 0) is 20.9 Å². The fourth-order valence-corrected chi connectivity index (χ4v) is 4.56. The lowest BCUT2D eigenvalue weighted by atomic mass is 9.97. The number of anilines is 1. The number of para-hydroxylation sites is 1. The van der Waals surface area contributed by atoms with Gasteiger partial charge in [0.25, 0.3) is 0 Å². The number of hydrazone groups is 1. The minimum Gasteiger partial charge on any atom is -0.328 e. The Balaban J connectivity index is 1.91. The maximum Gasteiger partial charge on any atom is 0.194 e. The Bertz CT molecular complexity index is 517. The van der Waals surface area contributed by atoms with E-state index in [-0.39, 0.29) is 5.41 Å². The second kappa shape index (κ2) is 6.35. The molecule has 0 aromatic heterocycles. The van der Waals surface area contributed by atoms with Gasteiger partial charge in [-0.15, -0.1) is 0 Å². The number of benzene rings is 1. The van der Waals surface area contributed by atoms with Gasteiger partial charge in [-0.25, -0.2) is 0 Å². The van der Waals surface area contributed by atoms with Crippen LogP contribution in [0.3, 0.4) is 0 Å². The number of nitrogens with one attached hydrogen (secondary N) is 1. The maximum atomic E-state index is 5.80. The fourth-order valence-electron chi connectivity index (χ4n) is 1.70. The van der Waals surface area contributed by atoms with E-state index in [2.05, 4.69) is 24.4 Å². The van der Waals surface area contributed by atoms with Gasteiger partial charge in [-0.3, -0.25) is 5.43 Å². The molecule has 0 saturated carbocycles. The molecular weight excluding hydrogens is 291 g/mol. The Hall–Kier alpha value is -0.740. The molecule has 0 radical (unpaired) electrons. The van der Waals surface area contributed by atoms with Crippen LogP contribution in [0.4, 0.5) is 5.69 Å². The van der Waals surface area contributed by atoms with E-state index in [1.807, 2.05) is 37.3 Å². The van der Waals surface area contributed by atoms with Gasteiger partial charge in [0, 0.05) is 11.1 Å². The van der Waals surface area contributed by atoms with E-state index in [1.54, 1.807) is 0 Å². The SMILES string of the molecule is C/C(CP1(=S)OCC(C)(C)CO1)=N\Nc1ccccc1. The summed E-state index contributed by atoms with van der Waals surface area (Å²) in [6.45, 7) is 5.28. The molecule has 1 saturated heterocycles. The Labute approximate surface area is 125 Å². The Morgan fingerprint density at radius 2 is 1.90 bits per heavy atom. The summed E-state index contributed by atoms with van der Waals surface area (Å²) < 4.78 is 11.6. The average Bonchev–Trinajstić information content (AvgIpc) is 2.42. The van der Waals surface area contributed by atoms with Crippen LogP contribution in [0.1, 0.15) is 20.8 Å². The summed E-state index contributed by atoms with van der Waals surface area (Å²) >= 11 is 5.52. The first-order valence-electron chi connectivity index (χ1n) is 6.61. The molecule has 0 spiro atoms. The predicted molar refractivity (Wildman–Crippen MR) is 88.0 cm³/mol. The van der Waals surface area contributed by atoms with Gasteiger partial charge in [-0.2, -0.15) is 5.10 Å². The molecule has 4 nitrogen and oxygen atoms in total. The number of hydrogen-bond donors (Lipinski definition) is 1. The van der Waals surface area contributed by atoms with E-state index in [0.717, 1.165) is 11.4 Å². The molecule has 0 aliphatic carbocycles. The highest BCUT2D eigenvalue weighted by atomic mass is 32.5. The smallest absolute Gasteiger partial charge is 0.194 e. The van der Waals surface area contributed by atoms with Crippen molar-refractivity contribution in [3.8, 4) is 0 Å². The molecule has 0 atom stereocenters. The first kappa shape index (κ1) is 15.6. The minimum atomic E-state index is -2.21. The van der Waals surface area contributed by atoms with Crippen LogP contribution in [0.15, 0.2) is 35.4 Å². The lowest BCUT2D eigenvalue weighted by molar-refractivity contribution is 0.0613. The lowest BCUT2D eigenvalue weighted by Gasteiger charge is -2.36. The van der Waals surface area contributed by atoms with Crippen molar-refractivity contribution in [2.45, 2.75) is 20.8 Å². The van der Waals surface area contributed by atoms with Crippen molar-refractivity contribution in [3.63, 3.8) is 0 Å². The van der Waals surface area contributed by atoms with Crippen LogP contribution in [0, 0.1) is 5.41 Å². The van der Waals surface area contributed by atoms with Gasteiger partial charge in [0.05, 0.1) is 25.1 Å². The van der Waals surface area contributed by atoms with Gasteiger partial charge < -0.3 is 9.05 Å². The standard InChI is InChI=1S/C14H21N2O2PS/c1-12(15-16-13-7-5-4-6-8-13)9-19(20)17-10-14(2,3)11-18-19/h4-8,16H,9-11H2,1-3H3/b15-12+. The first-order chi connectivity index (χ1) is 9.39. The third-order valence-electron chi connectivity index (χ3n) is 2.88. The van der Waals surface area contributed by atoms with Crippen LogP contribution in [0.25, 0.3) is 0 Å². The van der Waals surface area contributed by atoms with Crippen LogP contribution >= 0.6 is 6.49 Å². The van der Waals surface area contributed by atoms with Crippen molar-refractivity contribution in [1.29, 1.82) is 0 Å². The number of hydrogen-bond acceptors (Lipinski definition) is 5. The minimum absolute atomic E-state index is 0.0512. The highest BCUT2D eigenvalue weighted by molar-refractivity contribution is 8.10. The maximum absolute atomic E-state index is 5.80. The molecule has 0 unspecified atom stereocenters. The molecule has 1 aliphatic rings. The van der Waals surface area contributed by atoms with Crippen molar-refractivity contribution in [1.82, 2.24) is 0 Å². The molecule has 1 fully saturated rings. The van der Waals surface area contributed by atoms with E-state index in [4.69, 9.17) is 20.9 Å². The highest BCUT2D eigenvalue weighted by Gasteiger charge is 2.33. The lowest BCUT2D eigenvalue weighted by Crippen LogP contribution is -2.30. The van der Waals surface area contributed by atoms with Crippen molar-refractivity contribution in [2.75, 3.05) is 24.8 Å². The molecule has 0 amide bonds. The van der Waals surface area contributed by atoms with Crippen molar-refractivity contribution in [3.05, 3.63) is 30.3 Å². The van der Waals surface area contributed by atoms with E-state index < -0.39 is 6.49 Å². The molecule has 2 rings (SSSR count). The van der Waals surface area contributed by atoms with Crippen molar-refractivity contribution >= 4 is 29.7 Å². The Kier molecular flexibility index (Phi) is 4.97. The predicted octanol–water partition coefficient (Wildman–Crippen LogP) is 3.86. The number of rotatable bonds is 4. The molecule has 6 heteroatoms. The molecule has 110 valence electrons. The quantitative estimate of drug-likeness (QED) is 0.521.